The Morgan fingerprint density at radius 2 is 2.11 bits per heavy atom. The normalized spacial score (nSPS) is 18.2. The van der Waals surface area contributed by atoms with E-state index in [4.69, 9.17) is 9.26 Å². The zero-order valence-corrected chi connectivity index (χ0v) is 16.6. The molecule has 7 heteroatoms. The molecule has 2 aromatic heterocycles. The van der Waals surface area contributed by atoms with Crippen LogP contribution in [-0.4, -0.2) is 33.7 Å². The summed E-state index contributed by atoms with van der Waals surface area (Å²) < 4.78 is 11.0. The molecule has 150 valence electrons. The lowest BCUT2D eigenvalue weighted by Crippen LogP contribution is -2.35. The van der Waals surface area contributed by atoms with Crippen LogP contribution in [-0.2, 0) is 6.42 Å². The molecule has 1 amide bonds. The zero-order valence-electron chi connectivity index (χ0n) is 16.6. The van der Waals surface area contributed by atoms with E-state index in [0.29, 0.717) is 48.0 Å². The van der Waals surface area contributed by atoms with Crippen LogP contribution in [0.3, 0.4) is 0 Å². The Morgan fingerprint density at radius 1 is 1.32 bits per heavy atom. The molecule has 2 fully saturated rings. The van der Waals surface area contributed by atoms with E-state index < -0.39 is 0 Å². The summed E-state index contributed by atoms with van der Waals surface area (Å²) in [7, 11) is 0. The summed E-state index contributed by atoms with van der Waals surface area (Å²) >= 11 is 0. The molecular formula is C21H28N4O3. The maximum atomic E-state index is 12.8. The van der Waals surface area contributed by atoms with Crippen LogP contribution >= 0.6 is 0 Å². The number of aryl methyl sites for hydroxylation is 1. The van der Waals surface area contributed by atoms with E-state index in [1.807, 2.05) is 19.2 Å². The molecule has 0 radical (unpaired) electrons. The predicted molar refractivity (Wildman–Crippen MR) is 103 cm³/mol. The van der Waals surface area contributed by atoms with Crippen molar-refractivity contribution in [2.24, 2.45) is 5.92 Å². The molecule has 2 aromatic rings. The molecule has 2 saturated carbocycles. The van der Waals surface area contributed by atoms with Gasteiger partial charge in [0.05, 0.1) is 6.61 Å². The third-order valence-corrected chi connectivity index (χ3v) is 5.52. The average Bonchev–Trinajstić information content (AvgIpc) is 3.16. The molecule has 1 atom stereocenters. The van der Waals surface area contributed by atoms with Gasteiger partial charge in [-0.05, 0) is 56.1 Å². The Kier molecular flexibility index (Phi) is 5.59. The highest BCUT2D eigenvalue weighted by molar-refractivity contribution is 5.95. The van der Waals surface area contributed by atoms with Crippen LogP contribution < -0.4 is 10.1 Å². The van der Waals surface area contributed by atoms with Crippen molar-refractivity contribution in [1.82, 2.24) is 20.4 Å². The minimum atomic E-state index is -0.225. The smallest absolute Gasteiger partial charge is 0.273 e. The second-order valence-corrected chi connectivity index (χ2v) is 8.16. The number of rotatable bonds is 8. The van der Waals surface area contributed by atoms with Crippen molar-refractivity contribution in [2.45, 2.75) is 70.8 Å². The van der Waals surface area contributed by atoms with Crippen LogP contribution in [0.4, 0.5) is 0 Å². The SMILES string of the molecule is Cc1nc(CC(C)NC(=O)c2ncc(C3CCCC3)cc2OCC2CC2)no1. The van der Waals surface area contributed by atoms with Gasteiger partial charge < -0.3 is 14.6 Å². The molecule has 0 aliphatic heterocycles. The van der Waals surface area contributed by atoms with E-state index in [1.54, 1.807) is 6.92 Å². The molecule has 2 heterocycles. The van der Waals surface area contributed by atoms with Crippen LogP contribution in [0.25, 0.3) is 0 Å². The van der Waals surface area contributed by atoms with Crippen molar-refractivity contribution in [3.8, 4) is 5.75 Å². The number of nitrogens with one attached hydrogen (secondary N) is 1. The van der Waals surface area contributed by atoms with Gasteiger partial charge in [-0.1, -0.05) is 18.0 Å². The molecular weight excluding hydrogens is 356 g/mol. The number of aromatic nitrogens is 3. The van der Waals surface area contributed by atoms with E-state index >= 15 is 0 Å². The fourth-order valence-corrected chi connectivity index (χ4v) is 3.76. The molecule has 2 aliphatic carbocycles. The van der Waals surface area contributed by atoms with Gasteiger partial charge in [0, 0.05) is 25.6 Å². The van der Waals surface area contributed by atoms with Crippen LogP contribution in [0.2, 0.25) is 0 Å². The lowest BCUT2D eigenvalue weighted by Gasteiger charge is -2.17. The number of hydrogen-bond acceptors (Lipinski definition) is 6. The third kappa shape index (κ3) is 4.69. The first-order valence-electron chi connectivity index (χ1n) is 10.3. The van der Waals surface area contributed by atoms with E-state index in [2.05, 4.69) is 20.4 Å². The van der Waals surface area contributed by atoms with Crippen LogP contribution in [0.5, 0.6) is 5.75 Å². The molecule has 1 N–H and O–H groups in total. The van der Waals surface area contributed by atoms with Crippen LogP contribution in [0, 0.1) is 12.8 Å². The Labute approximate surface area is 165 Å². The number of ether oxygens (including phenoxy) is 1. The minimum absolute atomic E-state index is 0.142. The molecule has 0 spiro atoms. The Hall–Kier alpha value is -2.44. The largest absolute Gasteiger partial charge is 0.491 e. The number of carbonyl (C=O) groups is 1. The highest BCUT2D eigenvalue weighted by atomic mass is 16.5. The second kappa shape index (κ2) is 8.29. The Bertz CT molecular complexity index is 825. The summed E-state index contributed by atoms with van der Waals surface area (Å²) in [5, 5.41) is 6.87. The summed E-state index contributed by atoms with van der Waals surface area (Å²) in [5.74, 6) is 2.64. The molecule has 0 saturated heterocycles. The van der Waals surface area contributed by atoms with Gasteiger partial charge in [-0.3, -0.25) is 4.79 Å². The van der Waals surface area contributed by atoms with Crippen molar-refractivity contribution in [1.29, 1.82) is 0 Å². The van der Waals surface area contributed by atoms with Crippen LogP contribution in [0.1, 0.15) is 79.1 Å². The first-order chi connectivity index (χ1) is 13.6. The molecule has 0 bridgehead atoms. The maximum absolute atomic E-state index is 12.8. The highest BCUT2D eigenvalue weighted by Crippen LogP contribution is 2.36. The summed E-state index contributed by atoms with van der Waals surface area (Å²) in [6, 6.07) is 1.89. The van der Waals surface area contributed by atoms with Crippen molar-refractivity contribution >= 4 is 5.91 Å². The maximum Gasteiger partial charge on any atom is 0.273 e. The zero-order chi connectivity index (χ0) is 19.5. The summed E-state index contributed by atoms with van der Waals surface area (Å²) in [5.41, 5.74) is 1.55. The van der Waals surface area contributed by atoms with Gasteiger partial charge in [0.25, 0.3) is 5.91 Å². The molecule has 2 aliphatic rings. The minimum Gasteiger partial charge on any atom is -0.491 e. The molecule has 1 unspecified atom stereocenters. The summed E-state index contributed by atoms with van der Waals surface area (Å²) in [4.78, 5) is 21.5. The van der Waals surface area contributed by atoms with Crippen LogP contribution in [0.15, 0.2) is 16.8 Å². The van der Waals surface area contributed by atoms with Gasteiger partial charge in [-0.2, -0.15) is 4.98 Å². The average molecular weight is 384 g/mol. The quantitative estimate of drug-likeness (QED) is 0.748. The number of carbonyl (C=O) groups excluding carboxylic acids is 1. The van der Waals surface area contributed by atoms with Gasteiger partial charge in [0.15, 0.2) is 17.3 Å². The standard InChI is InChI=1S/C21H28N4O3/c1-13(9-19-24-14(2)28-25-19)23-21(26)20-18(27-12-15-7-8-15)10-17(11-22-20)16-5-3-4-6-16/h10-11,13,15-16H,3-9,12H2,1-2H3,(H,23,26). The van der Waals surface area contributed by atoms with Crippen molar-refractivity contribution in [2.75, 3.05) is 6.61 Å². The molecule has 4 rings (SSSR count). The number of hydrogen-bond donors (Lipinski definition) is 1. The van der Waals surface area contributed by atoms with Gasteiger partial charge in [0.1, 0.15) is 0 Å². The van der Waals surface area contributed by atoms with E-state index in [0.717, 1.165) is 0 Å². The third-order valence-electron chi connectivity index (χ3n) is 5.52. The molecule has 28 heavy (non-hydrogen) atoms. The highest BCUT2D eigenvalue weighted by Gasteiger charge is 2.26. The predicted octanol–water partition coefficient (Wildman–Crippen LogP) is 3.58. The van der Waals surface area contributed by atoms with E-state index in [-0.39, 0.29) is 11.9 Å². The summed E-state index contributed by atoms with van der Waals surface area (Å²) in [6.45, 7) is 4.33. The van der Waals surface area contributed by atoms with E-state index in [9.17, 15) is 4.79 Å². The van der Waals surface area contributed by atoms with Gasteiger partial charge in [-0.15, -0.1) is 0 Å². The lowest BCUT2D eigenvalue weighted by molar-refractivity contribution is 0.0929. The number of pyridine rings is 1. The van der Waals surface area contributed by atoms with Gasteiger partial charge >= 0.3 is 0 Å². The summed E-state index contributed by atoms with van der Waals surface area (Å²) in [6.07, 6.45) is 9.67. The fourth-order valence-electron chi connectivity index (χ4n) is 3.76. The van der Waals surface area contributed by atoms with Crippen molar-refractivity contribution in [3.63, 3.8) is 0 Å². The molecule has 7 nitrogen and oxygen atoms in total. The Morgan fingerprint density at radius 3 is 2.79 bits per heavy atom. The first kappa shape index (κ1) is 18.9. The topological polar surface area (TPSA) is 90.1 Å². The lowest BCUT2D eigenvalue weighted by atomic mass is 9.99. The second-order valence-electron chi connectivity index (χ2n) is 8.16. The fraction of sp³-hybridized carbons (Fsp3) is 0.619. The van der Waals surface area contributed by atoms with E-state index in [1.165, 1.54) is 44.1 Å². The van der Waals surface area contributed by atoms with Gasteiger partial charge in [-0.25, -0.2) is 4.98 Å². The number of amides is 1. The monoisotopic (exact) mass is 384 g/mol. The first-order valence-corrected chi connectivity index (χ1v) is 10.3. The van der Waals surface area contributed by atoms with Gasteiger partial charge in [0.2, 0.25) is 5.89 Å². The van der Waals surface area contributed by atoms with Crippen molar-refractivity contribution < 1.29 is 14.1 Å². The van der Waals surface area contributed by atoms with Crippen molar-refractivity contribution in [3.05, 3.63) is 35.2 Å². The Balaban J connectivity index is 1.46. The molecule has 0 aromatic carbocycles. The number of nitrogens with zero attached hydrogens (tertiary/aromatic N) is 3.